The van der Waals surface area contributed by atoms with E-state index in [4.69, 9.17) is 4.74 Å². The molecule has 2 heterocycles. The van der Waals surface area contributed by atoms with Crippen LogP contribution in [0.15, 0.2) is 60.6 Å². The molecule has 9 heteroatoms. The fourth-order valence-corrected chi connectivity index (χ4v) is 4.44. The Bertz CT molecular complexity index is 1140. The lowest BCUT2D eigenvalue weighted by Gasteiger charge is -2.31. The Morgan fingerprint density at radius 2 is 1.84 bits per heavy atom. The number of allylic oxidation sites excluding steroid dienone is 6. The summed E-state index contributed by atoms with van der Waals surface area (Å²) in [5.74, 6) is 7.81. The minimum Gasteiger partial charge on any atom is -0.495 e. The van der Waals surface area contributed by atoms with Gasteiger partial charge in [0.25, 0.3) is 0 Å². The lowest BCUT2D eigenvalue weighted by molar-refractivity contribution is -0.141. The number of likely N-dealkylation sites (tertiary alicyclic amines) is 1. The quantitative estimate of drug-likeness (QED) is 0.163. The molecule has 0 saturated carbocycles. The van der Waals surface area contributed by atoms with E-state index in [0.29, 0.717) is 29.3 Å². The van der Waals surface area contributed by atoms with Gasteiger partial charge in [-0.1, -0.05) is 65.3 Å². The van der Waals surface area contributed by atoms with Crippen molar-refractivity contribution in [2.45, 2.75) is 79.6 Å². The van der Waals surface area contributed by atoms with Crippen LogP contribution in [0.25, 0.3) is 5.70 Å². The fourth-order valence-electron chi connectivity index (χ4n) is 4.44. The van der Waals surface area contributed by atoms with Crippen LogP contribution in [0.2, 0.25) is 0 Å². The second-order valence-electron chi connectivity index (χ2n) is 9.43. The Morgan fingerprint density at radius 3 is 2.36 bits per heavy atom. The molecule has 0 atom stereocenters. The summed E-state index contributed by atoms with van der Waals surface area (Å²) in [4.78, 5) is 2.29. The van der Waals surface area contributed by atoms with E-state index in [1.165, 1.54) is 10.3 Å². The highest BCUT2D eigenvalue weighted by atomic mass is 32.2. The van der Waals surface area contributed by atoms with E-state index in [-0.39, 0.29) is 12.6 Å². The molecule has 1 aromatic rings. The summed E-state index contributed by atoms with van der Waals surface area (Å²) in [6.45, 7) is 16.8. The highest BCUT2D eigenvalue weighted by Crippen LogP contribution is 2.30. The van der Waals surface area contributed by atoms with E-state index < -0.39 is 12.7 Å². The third kappa shape index (κ3) is 14.7. The van der Waals surface area contributed by atoms with E-state index in [0.717, 1.165) is 37.2 Å². The average molecular weight is 637 g/mol. The fraction of sp³-hybridized carbons (Fsp3) is 0.543. The summed E-state index contributed by atoms with van der Waals surface area (Å²) < 4.78 is 47.3. The SMILES string of the molecule is C=C/C=C(NCC#Cc1cc2c(n1CC(F)(F)F)CC=CC=C2NC1CCN(C)CC1)\C(=C/C)OC.CC.CC.CCSC. The highest BCUT2D eigenvalue weighted by Gasteiger charge is 2.31. The van der Waals surface area contributed by atoms with E-state index in [1.54, 1.807) is 31.4 Å². The maximum Gasteiger partial charge on any atom is 0.406 e. The van der Waals surface area contributed by atoms with Gasteiger partial charge in [-0.05, 0) is 82.1 Å². The molecule has 0 radical (unpaired) electrons. The number of hydrogen-bond acceptors (Lipinski definition) is 5. The molecule has 0 amide bonds. The number of nitrogens with zero attached hydrogens (tertiary/aromatic N) is 2. The topological polar surface area (TPSA) is 41.5 Å². The van der Waals surface area contributed by atoms with Gasteiger partial charge in [0.05, 0.1) is 25.0 Å². The molecule has 1 fully saturated rings. The van der Waals surface area contributed by atoms with Crippen LogP contribution in [0.1, 0.15) is 71.3 Å². The van der Waals surface area contributed by atoms with E-state index >= 15 is 0 Å². The minimum absolute atomic E-state index is 0.235. The zero-order valence-electron chi connectivity index (χ0n) is 28.3. The zero-order chi connectivity index (χ0) is 33.5. The van der Waals surface area contributed by atoms with Gasteiger partial charge < -0.3 is 24.8 Å². The van der Waals surface area contributed by atoms with Gasteiger partial charge in [-0.3, -0.25) is 0 Å². The first-order chi connectivity index (χ1) is 21.2. The van der Waals surface area contributed by atoms with Gasteiger partial charge in [0.1, 0.15) is 12.3 Å². The molecular weight excluding hydrogens is 581 g/mol. The van der Waals surface area contributed by atoms with Crippen LogP contribution < -0.4 is 10.6 Å². The Kier molecular flexibility index (Phi) is 21.8. The van der Waals surface area contributed by atoms with Crippen molar-refractivity contribution >= 4 is 17.5 Å². The number of aromatic nitrogens is 1. The number of piperidine rings is 1. The first-order valence-electron chi connectivity index (χ1n) is 15.5. The third-order valence-electron chi connectivity index (χ3n) is 6.53. The first kappa shape index (κ1) is 41.0. The molecule has 0 aromatic carbocycles. The molecule has 1 aliphatic heterocycles. The number of halogens is 3. The molecule has 0 bridgehead atoms. The summed E-state index contributed by atoms with van der Waals surface area (Å²) in [6.07, 6.45) is 11.1. The monoisotopic (exact) mass is 636 g/mol. The predicted octanol–water partition coefficient (Wildman–Crippen LogP) is 8.17. The van der Waals surface area contributed by atoms with Gasteiger partial charge in [0, 0.05) is 29.4 Å². The van der Waals surface area contributed by atoms with Crippen molar-refractivity contribution in [3.8, 4) is 11.8 Å². The summed E-state index contributed by atoms with van der Waals surface area (Å²) in [5, 5.41) is 6.74. The molecule has 0 spiro atoms. The lowest BCUT2D eigenvalue weighted by Crippen LogP contribution is -2.40. The standard InChI is InChI=1S/C28H35F3N4O.C3H8S.2C2H6/c1-5-10-25(27(6-2)36-4)32-16-9-11-22-19-23-24(33-21-14-17-34(3)18-15-21)12-7-8-13-26(23)35(22)20-28(29,30)31;1-3-4-2;2*1-2/h5-8,10,12,19,21,32-33H,1,13-18,20H2,2-4H3;3H2,1-2H3;2*1-2H3/b25-10+,27-6+;;;. The molecule has 3 rings (SSSR count). The van der Waals surface area contributed by atoms with Crippen molar-refractivity contribution in [1.29, 1.82) is 0 Å². The number of fused-ring (bicyclic) bond motifs is 1. The van der Waals surface area contributed by atoms with Crippen molar-refractivity contribution in [3.63, 3.8) is 0 Å². The molecule has 0 unspecified atom stereocenters. The molecular formula is C35H55F3N4OS. The second-order valence-corrected chi connectivity index (χ2v) is 10.6. The van der Waals surface area contributed by atoms with Crippen molar-refractivity contribution < 1.29 is 17.9 Å². The molecule has 1 saturated heterocycles. The Balaban J connectivity index is 0.00000210. The van der Waals surface area contributed by atoms with Gasteiger partial charge in [-0.2, -0.15) is 24.9 Å². The molecule has 44 heavy (non-hydrogen) atoms. The number of thioether (sulfide) groups is 1. The van der Waals surface area contributed by atoms with Crippen molar-refractivity contribution in [1.82, 2.24) is 20.1 Å². The maximum absolute atomic E-state index is 13.6. The van der Waals surface area contributed by atoms with Gasteiger partial charge in [-0.15, -0.1) is 0 Å². The Morgan fingerprint density at radius 1 is 1.20 bits per heavy atom. The number of nitrogens with one attached hydrogen (secondary N) is 2. The number of rotatable bonds is 9. The van der Waals surface area contributed by atoms with Gasteiger partial charge in [-0.25, -0.2) is 0 Å². The maximum atomic E-state index is 13.6. The third-order valence-corrected chi connectivity index (χ3v) is 7.11. The number of alkyl halides is 3. The van der Waals surface area contributed by atoms with Crippen molar-refractivity contribution in [2.75, 3.05) is 45.8 Å². The number of hydrogen-bond donors (Lipinski definition) is 2. The molecule has 248 valence electrons. The summed E-state index contributed by atoms with van der Waals surface area (Å²) in [7, 11) is 3.67. The van der Waals surface area contributed by atoms with E-state index in [2.05, 4.69) is 54.2 Å². The minimum atomic E-state index is -4.36. The highest BCUT2D eigenvalue weighted by molar-refractivity contribution is 7.98. The summed E-state index contributed by atoms with van der Waals surface area (Å²) in [5.41, 5.74) is 3.29. The first-order valence-corrected chi connectivity index (χ1v) is 16.9. The van der Waals surface area contributed by atoms with Crippen LogP contribution in [0, 0.1) is 11.8 Å². The molecule has 1 aromatic heterocycles. The lowest BCUT2D eigenvalue weighted by atomic mass is 10.0. The zero-order valence-corrected chi connectivity index (χ0v) is 29.1. The normalized spacial score (nSPS) is 15.2. The molecule has 2 aliphatic rings. The van der Waals surface area contributed by atoms with Crippen molar-refractivity contribution in [3.05, 3.63) is 77.5 Å². The van der Waals surface area contributed by atoms with Gasteiger partial charge in [0.15, 0.2) is 0 Å². The van der Waals surface area contributed by atoms with Crippen LogP contribution in [0.5, 0.6) is 0 Å². The predicted molar refractivity (Wildman–Crippen MR) is 186 cm³/mol. The van der Waals surface area contributed by atoms with E-state index in [1.807, 2.05) is 64.6 Å². The van der Waals surface area contributed by atoms with E-state index in [9.17, 15) is 13.2 Å². The number of ether oxygens (including phenoxy) is 1. The Labute approximate surface area is 269 Å². The van der Waals surface area contributed by atoms with Crippen LogP contribution in [0.4, 0.5) is 13.2 Å². The Hall–Kier alpha value is -2.96. The second kappa shape index (κ2) is 23.4. The summed E-state index contributed by atoms with van der Waals surface area (Å²) >= 11 is 1.86. The number of methoxy groups -OCH3 is 1. The van der Waals surface area contributed by atoms with Crippen LogP contribution in [-0.4, -0.2) is 67.5 Å². The smallest absolute Gasteiger partial charge is 0.406 e. The van der Waals surface area contributed by atoms with Crippen molar-refractivity contribution in [2.24, 2.45) is 0 Å². The largest absolute Gasteiger partial charge is 0.495 e. The molecule has 2 N–H and O–H groups in total. The summed E-state index contributed by atoms with van der Waals surface area (Å²) in [6, 6.07) is 2.06. The van der Waals surface area contributed by atoms with Gasteiger partial charge in [0.2, 0.25) is 0 Å². The van der Waals surface area contributed by atoms with Crippen LogP contribution >= 0.6 is 11.8 Å². The van der Waals surface area contributed by atoms with Crippen LogP contribution in [0.3, 0.4) is 0 Å². The average Bonchev–Trinajstić information content (AvgIpc) is 3.22. The van der Waals surface area contributed by atoms with Gasteiger partial charge >= 0.3 is 6.18 Å². The molecule has 5 nitrogen and oxygen atoms in total. The molecule has 1 aliphatic carbocycles. The van der Waals surface area contributed by atoms with Crippen LogP contribution in [-0.2, 0) is 17.7 Å².